The van der Waals surface area contributed by atoms with Gasteiger partial charge in [-0.2, -0.15) is 0 Å². The molecule has 0 spiro atoms. The largest absolute Gasteiger partial charge is 0.426 e. The quantitative estimate of drug-likeness (QED) is 0.157. The number of benzene rings is 2. The summed E-state index contributed by atoms with van der Waals surface area (Å²) in [4.78, 5) is 51.4. The number of allylic oxidation sites excluding steroid dienone is 2. The van der Waals surface area contributed by atoms with Crippen molar-refractivity contribution in [3.05, 3.63) is 63.1 Å². The first-order valence-electron chi connectivity index (χ1n) is 12.2. The number of rotatable bonds is 4. The van der Waals surface area contributed by atoms with Gasteiger partial charge in [0.05, 0.1) is 33.5 Å². The smallest absolute Gasteiger partial charge is 0.316 e. The summed E-state index contributed by atoms with van der Waals surface area (Å²) in [5.41, 5.74) is 1.25. The predicted molar refractivity (Wildman–Crippen MR) is 159 cm³/mol. The third-order valence-corrected chi connectivity index (χ3v) is 12.6. The van der Waals surface area contributed by atoms with E-state index in [4.69, 9.17) is 85.9 Å². The van der Waals surface area contributed by atoms with Gasteiger partial charge in [-0.1, -0.05) is 64.1 Å². The minimum Gasteiger partial charge on any atom is -0.426 e. The Hall–Kier alpha value is -1.71. The number of anilines is 2. The summed E-state index contributed by atoms with van der Waals surface area (Å²) in [6.07, 6.45) is -0.0237. The number of carbonyl (C=O) groups excluding carboxylic acids is 4. The fourth-order valence-corrected chi connectivity index (χ4v) is 9.25. The van der Waals surface area contributed by atoms with Crippen molar-refractivity contribution in [1.82, 2.24) is 0 Å². The minimum absolute atomic E-state index is 0.0237. The molecule has 2 aliphatic heterocycles. The van der Waals surface area contributed by atoms with E-state index in [0.717, 1.165) is 4.90 Å². The molecule has 14 heteroatoms. The van der Waals surface area contributed by atoms with Gasteiger partial charge in [0.15, 0.2) is 4.33 Å². The van der Waals surface area contributed by atoms with Crippen molar-refractivity contribution in [2.24, 2.45) is 17.8 Å². The average Bonchev–Trinajstić information content (AvgIpc) is 3.50. The van der Waals surface area contributed by atoms with Gasteiger partial charge in [0.1, 0.15) is 15.5 Å². The molecule has 6 rings (SSSR count). The topological polar surface area (TPSA) is 84.0 Å². The van der Waals surface area contributed by atoms with Crippen molar-refractivity contribution in [3.63, 3.8) is 0 Å². The second kappa shape index (κ2) is 9.65. The molecule has 0 aromatic heterocycles. The zero-order chi connectivity index (χ0) is 29.8. The zero-order valence-electron chi connectivity index (χ0n) is 20.8. The Kier molecular flexibility index (Phi) is 6.91. The highest BCUT2D eigenvalue weighted by Gasteiger charge is 2.87. The van der Waals surface area contributed by atoms with Gasteiger partial charge in [0.2, 0.25) is 17.7 Å². The van der Waals surface area contributed by atoms with Gasteiger partial charge in [-0.3, -0.25) is 19.2 Å². The number of esters is 1. The Morgan fingerprint density at radius 3 is 2.07 bits per heavy atom. The molecule has 0 unspecified atom stereocenters. The van der Waals surface area contributed by atoms with Crippen LogP contribution in [0, 0.1) is 24.7 Å². The standard InChI is InChI=1S/C27H17Cl7N2O5/c1-11-7-15(41-24(40)12-8-17(37)35(10-12)14-4-2-3-13(28)9-14)5-6-16(11)36-22(38)18-19(23(36)39)26(32)21(30)20(29)25(18,31)27(26,33)34/h2-7,9,12,18-19H,8,10H2,1H3/t12-,18-,19+,25-,26-/m1/s1. The van der Waals surface area contributed by atoms with Crippen molar-refractivity contribution >= 4 is 116 Å². The van der Waals surface area contributed by atoms with Crippen LogP contribution in [0.15, 0.2) is 52.5 Å². The van der Waals surface area contributed by atoms with Crippen molar-refractivity contribution < 1.29 is 23.9 Å². The maximum Gasteiger partial charge on any atom is 0.316 e. The van der Waals surface area contributed by atoms with E-state index < -0.39 is 49.6 Å². The van der Waals surface area contributed by atoms with Crippen LogP contribution in [-0.2, 0) is 19.2 Å². The summed E-state index contributed by atoms with van der Waals surface area (Å²) in [5, 5.41) is 0.115. The molecule has 41 heavy (non-hydrogen) atoms. The highest BCUT2D eigenvalue weighted by molar-refractivity contribution is 6.67. The Morgan fingerprint density at radius 2 is 1.51 bits per heavy atom. The number of fused-ring (bicyclic) bond motifs is 5. The molecule has 2 bridgehead atoms. The molecule has 3 amide bonds. The van der Waals surface area contributed by atoms with Crippen molar-refractivity contribution in [1.29, 1.82) is 0 Å². The van der Waals surface area contributed by atoms with Crippen LogP contribution in [0.25, 0.3) is 0 Å². The molecule has 2 saturated heterocycles. The van der Waals surface area contributed by atoms with Gasteiger partial charge in [-0.05, 0) is 48.9 Å². The number of ether oxygens (including phenoxy) is 1. The van der Waals surface area contributed by atoms with E-state index in [1.165, 1.54) is 23.1 Å². The second-order valence-electron chi connectivity index (χ2n) is 10.3. The summed E-state index contributed by atoms with van der Waals surface area (Å²) in [6.45, 7) is 1.77. The molecule has 1 saturated carbocycles. The Bertz CT molecular complexity index is 1570. The molecule has 4 aliphatic rings. The first-order chi connectivity index (χ1) is 19.2. The van der Waals surface area contributed by atoms with Crippen LogP contribution < -0.4 is 14.5 Å². The molecular formula is C27H17Cl7N2O5. The molecule has 2 aromatic rings. The number of nitrogens with zero attached hydrogens (tertiary/aromatic N) is 2. The van der Waals surface area contributed by atoms with E-state index in [1.807, 2.05) is 0 Å². The van der Waals surface area contributed by atoms with Gasteiger partial charge in [-0.25, -0.2) is 4.90 Å². The van der Waals surface area contributed by atoms with Gasteiger partial charge in [-0.15, -0.1) is 23.2 Å². The van der Waals surface area contributed by atoms with E-state index in [0.29, 0.717) is 16.3 Å². The van der Waals surface area contributed by atoms with Crippen LogP contribution in [0.3, 0.4) is 0 Å². The average molecular weight is 698 g/mol. The number of alkyl halides is 4. The summed E-state index contributed by atoms with van der Waals surface area (Å²) in [6, 6.07) is 11.2. The van der Waals surface area contributed by atoms with Gasteiger partial charge in [0, 0.05) is 23.7 Å². The maximum atomic E-state index is 13.7. The Balaban J connectivity index is 1.22. The van der Waals surface area contributed by atoms with Crippen LogP contribution in [0.1, 0.15) is 12.0 Å². The highest BCUT2D eigenvalue weighted by Crippen LogP contribution is 2.77. The monoisotopic (exact) mass is 694 g/mol. The van der Waals surface area contributed by atoms with E-state index in [2.05, 4.69) is 0 Å². The van der Waals surface area contributed by atoms with Gasteiger partial charge < -0.3 is 9.64 Å². The lowest BCUT2D eigenvalue weighted by molar-refractivity contribution is -0.139. The van der Waals surface area contributed by atoms with E-state index in [9.17, 15) is 19.2 Å². The molecule has 5 atom stereocenters. The minimum atomic E-state index is -2.03. The van der Waals surface area contributed by atoms with Crippen LogP contribution in [-0.4, -0.2) is 44.3 Å². The number of hydrogen-bond donors (Lipinski definition) is 0. The molecule has 0 radical (unpaired) electrons. The van der Waals surface area contributed by atoms with Gasteiger partial charge in [0.25, 0.3) is 0 Å². The summed E-state index contributed by atoms with van der Waals surface area (Å²) >= 11 is 45.4. The normalized spacial score (nSPS) is 31.9. The van der Waals surface area contributed by atoms with Crippen molar-refractivity contribution in [3.8, 4) is 5.75 Å². The highest BCUT2D eigenvalue weighted by atomic mass is 35.5. The van der Waals surface area contributed by atoms with Crippen LogP contribution >= 0.6 is 81.2 Å². The number of amides is 3. The van der Waals surface area contributed by atoms with Crippen molar-refractivity contribution in [2.75, 3.05) is 16.3 Å². The maximum absolute atomic E-state index is 13.7. The second-order valence-corrected chi connectivity index (χ2v) is 14.1. The zero-order valence-corrected chi connectivity index (χ0v) is 26.1. The van der Waals surface area contributed by atoms with Crippen LogP contribution in [0.4, 0.5) is 11.4 Å². The molecule has 2 aromatic carbocycles. The lowest BCUT2D eigenvalue weighted by Crippen LogP contribution is -2.50. The summed E-state index contributed by atoms with van der Waals surface area (Å²) in [7, 11) is 0. The Labute approximate surface area is 269 Å². The van der Waals surface area contributed by atoms with Crippen molar-refractivity contribution in [2.45, 2.75) is 27.4 Å². The number of carbonyl (C=O) groups is 4. The predicted octanol–water partition coefficient (Wildman–Crippen LogP) is 6.56. The number of imide groups is 1. The molecular weight excluding hydrogens is 680 g/mol. The molecule has 3 fully saturated rings. The number of hydrogen-bond acceptors (Lipinski definition) is 5. The van der Waals surface area contributed by atoms with Crippen LogP contribution in [0.5, 0.6) is 5.75 Å². The first-order valence-corrected chi connectivity index (χ1v) is 14.9. The number of aryl methyl sites for hydroxylation is 1. The third kappa shape index (κ3) is 3.79. The summed E-state index contributed by atoms with van der Waals surface area (Å²) in [5.74, 6) is -5.28. The number of halogens is 7. The van der Waals surface area contributed by atoms with Gasteiger partial charge >= 0.3 is 5.97 Å². The third-order valence-electron chi connectivity index (χ3n) is 8.11. The molecule has 7 nitrogen and oxygen atoms in total. The lowest BCUT2D eigenvalue weighted by Gasteiger charge is -2.34. The molecule has 2 aliphatic carbocycles. The molecule has 0 N–H and O–H groups in total. The fourth-order valence-electron chi connectivity index (χ4n) is 6.13. The molecule has 2 heterocycles. The van der Waals surface area contributed by atoms with E-state index in [1.54, 1.807) is 31.2 Å². The van der Waals surface area contributed by atoms with Crippen LogP contribution in [0.2, 0.25) is 5.02 Å². The fraction of sp³-hybridized carbons (Fsp3) is 0.333. The Morgan fingerprint density at radius 1 is 0.902 bits per heavy atom. The molecule has 214 valence electrons. The first kappa shape index (κ1) is 29.4. The SMILES string of the molecule is Cc1cc(OC(=O)[C@@H]2CC(=O)N(c3cccc(Cl)c3)C2)ccc1N1C(=O)[C@@H]2[C@H](C1=O)[C@@]1(Cl)C(Cl)=C(Cl)[C@@]2(Cl)C1(Cl)Cl. The van der Waals surface area contributed by atoms with E-state index >= 15 is 0 Å². The lowest BCUT2D eigenvalue weighted by atomic mass is 9.84. The van der Waals surface area contributed by atoms with E-state index in [-0.39, 0.29) is 40.4 Å². The summed E-state index contributed by atoms with van der Waals surface area (Å²) < 4.78 is 3.54.